The first kappa shape index (κ1) is 22.8. The van der Waals surface area contributed by atoms with Crippen molar-refractivity contribution < 1.29 is 35.1 Å². The van der Waals surface area contributed by atoms with Crippen LogP contribution in [-0.2, 0) is 0 Å². The minimum absolute atomic E-state index is 1.05. The van der Waals surface area contributed by atoms with Crippen molar-refractivity contribution in [3.05, 3.63) is 118 Å². The lowest BCUT2D eigenvalue weighted by molar-refractivity contribution is 0.395. The molecule has 0 nitrogen and oxygen atoms in total. The predicted octanol–water partition coefficient (Wildman–Crippen LogP) is 7.04. The summed E-state index contributed by atoms with van der Waals surface area (Å²) in [5.74, 6) is -13.0. The van der Waals surface area contributed by atoms with Gasteiger partial charge in [-0.2, -0.15) is 0 Å². The van der Waals surface area contributed by atoms with Gasteiger partial charge in [0.2, 0.25) is 0 Å². The molecule has 0 radical (unpaired) electrons. The molecule has 0 atom stereocenters. The van der Waals surface area contributed by atoms with Crippen LogP contribution in [0.4, 0.5) is 35.1 Å². The fraction of sp³-hybridized carbons (Fsp3) is 0. The summed E-state index contributed by atoms with van der Waals surface area (Å²) in [6.07, 6.45) is 0. The molecule has 0 saturated carbocycles. The molecular weight excluding hydrogens is 440 g/mol. The van der Waals surface area contributed by atoms with Crippen molar-refractivity contribution in [3.63, 3.8) is 0 Å². The van der Waals surface area contributed by atoms with E-state index < -0.39 is 57.3 Å². The molecule has 0 bridgehead atoms. The number of hydrogen-bond donors (Lipinski definition) is 0. The van der Waals surface area contributed by atoms with E-state index in [0.717, 1.165) is 11.1 Å². The van der Waals surface area contributed by atoms with E-state index in [2.05, 4.69) is 11.8 Å². The highest BCUT2D eigenvalue weighted by molar-refractivity contribution is 5.85. The highest BCUT2D eigenvalue weighted by Crippen LogP contribution is 2.33. The first-order chi connectivity index (χ1) is 15.2. The normalized spacial score (nSPS) is 10.2. The molecule has 0 aromatic heterocycles. The molecule has 4 aromatic carbocycles. The summed E-state index contributed by atoms with van der Waals surface area (Å²) in [4.78, 5) is 0. The number of fused-ring (bicyclic) bond motifs is 1. The Morgan fingerprint density at radius 2 is 0.594 bits per heavy atom. The fourth-order valence-corrected chi connectivity index (χ4v) is 2.64. The van der Waals surface area contributed by atoms with Gasteiger partial charge in [0.15, 0.2) is 46.5 Å². The molecule has 0 spiro atoms. The third-order valence-electron chi connectivity index (χ3n) is 4.18. The first-order valence-corrected chi connectivity index (χ1v) is 8.83. The van der Waals surface area contributed by atoms with Crippen LogP contribution >= 0.6 is 0 Å². The van der Waals surface area contributed by atoms with Crippen molar-refractivity contribution in [2.75, 3.05) is 0 Å². The van der Waals surface area contributed by atoms with Crippen molar-refractivity contribution in [1.29, 1.82) is 0 Å². The Hall–Kier alpha value is -3.86. The van der Waals surface area contributed by atoms with E-state index in [0.29, 0.717) is 0 Å². The summed E-state index contributed by atoms with van der Waals surface area (Å²) in [5.41, 5.74) is 2.10. The van der Waals surface area contributed by atoms with Gasteiger partial charge in [0.05, 0.1) is 10.8 Å². The molecule has 0 saturated heterocycles. The SMILES string of the molecule is C(#Cc1ccccc1)c1ccccc1.Fc1c(F)c(F)c2c(F)c(F)c(F)c(F)c2c1F. The van der Waals surface area contributed by atoms with E-state index in [1.54, 1.807) is 0 Å². The van der Waals surface area contributed by atoms with Gasteiger partial charge in [0, 0.05) is 11.1 Å². The van der Waals surface area contributed by atoms with Crippen LogP contribution in [-0.4, -0.2) is 0 Å². The quantitative estimate of drug-likeness (QED) is 0.117. The zero-order chi connectivity index (χ0) is 23.4. The van der Waals surface area contributed by atoms with Crippen LogP contribution in [0.25, 0.3) is 10.8 Å². The molecule has 0 aliphatic heterocycles. The number of rotatable bonds is 0. The second-order valence-electron chi connectivity index (χ2n) is 6.24. The average Bonchev–Trinajstić information content (AvgIpc) is 2.82. The van der Waals surface area contributed by atoms with E-state index in [1.807, 2.05) is 60.7 Å². The molecular formula is C24H10F8. The van der Waals surface area contributed by atoms with Gasteiger partial charge in [-0.3, -0.25) is 0 Å². The maximum Gasteiger partial charge on any atom is 0.198 e. The molecule has 32 heavy (non-hydrogen) atoms. The number of benzene rings is 4. The Balaban J connectivity index is 0.000000186. The van der Waals surface area contributed by atoms with Crippen molar-refractivity contribution in [2.24, 2.45) is 0 Å². The molecule has 162 valence electrons. The van der Waals surface area contributed by atoms with Crippen LogP contribution in [0.15, 0.2) is 60.7 Å². The monoisotopic (exact) mass is 450 g/mol. The predicted molar refractivity (Wildman–Crippen MR) is 102 cm³/mol. The van der Waals surface area contributed by atoms with Crippen molar-refractivity contribution >= 4 is 10.8 Å². The van der Waals surface area contributed by atoms with Crippen molar-refractivity contribution in [2.45, 2.75) is 0 Å². The van der Waals surface area contributed by atoms with Crippen LogP contribution < -0.4 is 0 Å². The molecule has 8 heteroatoms. The van der Waals surface area contributed by atoms with Crippen LogP contribution in [0.3, 0.4) is 0 Å². The standard InChI is InChI=1S/C14H10.C10F8/c1-3-7-13(8-4-1)11-12-14-9-5-2-6-10-14;11-3-1-2(5(13)9(17)7(3)15)6(14)10(18)8(16)4(1)12/h1-10H;. The zero-order valence-corrected chi connectivity index (χ0v) is 15.8. The maximum absolute atomic E-state index is 13.1. The second-order valence-corrected chi connectivity index (χ2v) is 6.24. The average molecular weight is 450 g/mol. The van der Waals surface area contributed by atoms with Crippen LogP contribution in [0.1, 0.15) is 11.1 Å². The molecule has 0 aliphatic carbocycles. The maximum atomic E-state index is 13.1. The van der Waals surface area contributed by atoms with Crippen LogP contribution in [0, 0.1) is 58.4 Å². The van der Waals surface area contributed by atoms with Crippen molar-refractivity contribution in [1.82, 2.24) is 0 Å². The second kappa shape index (κ2) is 9.52. The van der Waals surface area contributed by atoms with E-state index >= 15 is 0 Å². The summed E-state index contributed by atoms with van der Waals surface area (Å²) in [6, 6.07) is 20.0. The smallest absolute Gasteiger partial charge is 0.198 e. The molecule has 0 amide bonds. The first-order valence-electron chi connectivity index (χ1n) is 8.83. The molecule has 0 N–H and O–H groups in total. The molecule has 0 aliphatic rings. The third kappa shape index (κ3) is 4.42. The largest absolute Gasteiger partial charge is 0.203 e. The van der Waals surface area contributed by atoms with E-state index in [1.165, 1.54) is 0 Å². The van der Waals surface area contributed by atoms with Crippen LogP contribution in [0.2, 0.25) is 0 Å². The highest BCUT2D eigenvalue weighted by Gasteiger charge is 2.30. The van der Waals surface area contributed by atoms with Crippen LogP contribution in [0.5, 0.6) is 0 Å². The van der Waals surface area contributed by atoms with Gasteiger partial charge in [-0.15, -0.1) is 0 Å². The molecule has 0 fully saturated rings. The highest BCUT2D eigenvalue weighted by atomic mass is 19.2. The Bertz CT molecular complexity index is 1180. The zero-order valence-electron chi connectivity index (χ0n) is 15.8. The lowest BCUT2D eigenvalue weighted by atomic mass is 10.1. The molecule has 4 rings (SSSR count). The van der Waals surface area contributed by atoms with Gasteiger partial charge < -0.3 is 0 Å². The minimum Gasteiger partial charge on any atom is -0.203 e. The van der Waals surface area contributed by atoms with Gasteiger partial charge in [-0.05, 0) is 24.3 Å². The third-order valence-corrected chi connectivity index (χ3v) is 4.18. The van der Waals surface area contributed by atoms with E-state index in [-0.39, 0.29) is 0 Å². The Morgan fingerprint density at radius 1 is 0.344 bits per heavy atom. The minimum atomic E-state index is -2.45. The lowest BCUT2D eigenvalue weighted by Gasteiger charge is -2.08. The fourth-order valence-electron chi connectivity index (χ4n) is 2.64. The summed E-state index contributed by atoms with van der Waals surface area (Å²) < 4.78 is 104. The topological polar surface area (TPSA) is 0 Å². The van der Waals surface area contributed by atoms with Crippen molar-refractivity contribution in [3.8, 4) is 11.8 Å². The molecule has 0 unspecified atom stereocenters. The summed E-state index contributed by atoms with van der Waals surface area (Å²) >= 11 is 0. The lowest BCUT2D eigenvalue weighted by Crippen LogP contribution is -2.06. The number of hydrogen-bond acceptors (Lipinski definition) is 0. The van der Waals surface area contributed by atoms with Gasteiger partial charge in [-0.1, -0.05) is 48.2 Å². The van der Waals surface area contributed by atoms with Gasteiger partial charge in [0.25, 0.3) is 0 Å². The summed E-state index contributed by atoms with van der Waals surface area (Å²) in [5, 5.41) is -3.66. The molecule has 4 aromatic rings. The van der Waals surface area contributed by atoms with E-state index in [9.17, 15) is 35.1 Å². The summed E-state index contributed by atoms with van der Waals surface area (Å²) in [6.45, 7) is 0. The Kier molecular flexibility index (Phi) is 6.79. The van der Waals surface area contributed by atoms with Gasteiger partial charge >= 0.3 is 0 Å². The Labute approximate surface area is 176 Å². The Morgan fingerprint density at radius 3 is 0.844 bits per heavy atom. The van der Waals surface area contributed by atoms with Gasteiger partial charge in [-0.25, -0.2) is 35.1 Å². The molecule has 0 heterocycles. The summed E-state index contributed by atoms with van der Waals surface area (Å²) in [7, 11) is 0. The van der Waals surface area contributed by atoms with Gasteiger partial charge in [0.1, 0.15) is 0 Å². The van der Waals surface area contributed by atoms with E-state index in [4.69, 9.17) is 0 Å². The number of halogens is 8.